The highest BCUT2D eigenvalue weighted by Crippen LogP contribution is 2.34. The first-order valence-electron chi connectivity index (χ1n) is 10.1. The van der Waals surface area contributed by atoms with Crippen LogP contribution in [0.2, 0.25) is 5.02 Å². The van der Waals surface area contributed by atoms with E-state index in [1.807, 2.05) is 0 Å². The van der Waals surface area contributed by atoms with Crippen LogP contribution in [0.5, 0.6) is 0 Å². The minimum Gasteiger partial charge on any atom is -0.325 e. The minimum absolute atomic E-state index is 0.0194. The number of nitro groups is 1. The summed E-state index contributed by atoms with van der Waals surface area (Å²) in [7, 11) is -8.89. The molecule has 0 fully saturated rings. The highest BCUT2D eigenvalue weighted by atomic mass is 35.5. The van der Waals surface area contributed by atoms with Crippen LogP contribution in [-0.2, 0) is 31.0 Å². The number of rotatable bonds is 8. The van der Waals surface area contributed by atoms with Gasteiger partial charge in [-0.2, -0.15) is 13.2 Å². The number of nitrogens with one attached hydrogen (secondary N) is 1. The maximum absolute atomic E-state index is 13.4. The monoisotopic (exact) mass is 592 g/mol. The molecule has 0 atom stereocenters. The number of nitrogens with zero attached hydrogens (tertiary/aromatic N) is 2. The molecule has 1 amide bonds. The second-order valence-corrected chi connectivity index (χ2v) is 11.4. The highest BCUT2D eigenvalue weighted by molar-refractivity contribution is 7.92. The van der Waals surface area contributed by atoms with Crippen LogP contribution in [0.1, 0.15) is 5.56 Å². The molecule has 0 unspecified atom stereocenters. The fourth-order valence-electron chi connectivity index (χ4n) is 3.13. The first-order valence-corrected chi connectivity index (χ1v) is 13.4. The van der Waals surface area contributed by atoms with Crippen LogP contribution in [0.3, 0.4) is 0 Å². The molecule has 17 heteroatoms. The number of amides is 1. The van der Waals surface area contributed by atoms with Gasteiger partial charge in [0, 0.05) is 11.8 Å². The van der Waals surface area contributed by atoms with E-state index < -0.39 is 65.4 Å². The molecular weight excluding hydrogens is 577 g/mol. The number of nitro benzene ring substituents is 1. The van der Waals surface area contributed by atoms with Crippen LogP contribution >= 0.6 is 11.6 Å². The van der Waals surface area contributed by atoms with Gasteiger partial charge in [-0.1, -0.05) is 17.7 Å². The zero-order valence-electron chi connectivity index (χ0n) is 18.7. The van der Waals surface area contributed by atoms with Gasteiger partial charge in [-0.05, 0) is 54.6 Å². The van der Waals surface area contributed by atoms with Gasteiger partial charge < -0.3 is 5.32 Å². The lowest BCUT2D eigenvalue weighted by Crippen LogP contribution is -2.38. The van der Waals surface area contributed by atoms with Crippen molar-refractivity contribution in [2.45, 2.75) is 16.0 Å². The van der Waals surface area contributed by atoms with Gasteiger partial charge in [-0.3, -0.25) is 19.2 Å². The van der Waals surface area contributed by atoms with E-state index in [1.54, 1.807) is 0 Å². The summed E-state index contributed by atoms with van der Waals surface area (Å²) in [6, 6.07) is 10.00. The summed E-state index contributed by atoms with van der Waals surface area (Å²) in [6.45, 7) is -1.06. The quantitative estimate of drug-likeness (QED) is 0.296. The summed E-state index contributed by atoms with van der Waals surface area (Å²) in [5.41, 5.74) is -2.53. The topological polar surface area (TPSA) is 170 Å². The molecule has 0 bridgehead atoms. The molecule has 3 N–H and O–H groups in total. The summed E-state index contributed by atoms with van der Waals surface area (Å²) in [6.07, 6.45) is -4.85. The predicted octanol–water partition coefficient (Wildman–Crippen LogP) is 3.75. The maximum Gasteiger partial charge on any atom is 0.416 e. The summed E-state index contributed by atoms with van der Waals surface area (Å²) in [4.78, 5) is 22.1. The van der Waals surface area contributed by atoms with Crippen LogP contribution in [0.15, 0.2) is 76.5 Å². The SMILES string of the molecule is NS(=O)(=O)c1ccc(NC(=O)CN(c2cccc(C(F)(F)F)c2)S(=O)(=O)c2ccc(Cl)c([N+](=O)[O-])c2)cc1. The first-order chi connectivity index (χ1) is 17.5. The van der Waals surface area contributed by atoms with Crippen molar-refractivity contribution in [2.24, 2.45) is 5.14 Å². The summed E-state index contributed by atoms with van der Waals surface area (Å²) >= 11 is 5.74. The van der Waals surface area contributed by atoms with E-state index >= 15 is 0 Å². The molecule has 0 aromatic heterocycles. The molecule has 0 saturated carbocycles. The van der Waals surface area contributed by atoms with Crippen LogP contribution in [0, 0.1) is 10.1 Å². The molecule has 3 aromatic carbocycles. The second-order valence-electron chi connectivity index (χ2n) is 7.55. The number of nitrogens with two attached hydrogens (primary N) is 1. The Balaban J connectivity index is 2.04. The first kappa shape index (κ1) is 28.8. The number of carbonyl (C=O) groups is 1. The molecule has 38 heavy (non-hydrogen) atoms. The van der Waals surface area contributed by atoms with E-state index in [4.69, 9.17) is 16.7 Å². The third-order valence-corrected chi connectivity index (χ3v) is 7.94. The number of hydrogen-bond donors (Lipinski definition) is 2. The van der Waals surface area contributed by atoms with Gasteiger partial charge in [0.15, 0.2) is 0 Å². The zero-order valence-corrected chi connectivity index (χ0v) is 21.1. The van der Waals surface area contributed by atoms with Crippen molar-refractivity contribution in [2.75, 3.05) is 16.2 Å². The van der Waals surface area contributed by atoms with E-state index in [2.05, 4.69) is 5.32 Å². The smallest absolute Gasteiger partial charge is 0.325 e. The third-order valence-electron chi connectivity index (χ3n) is 4.92. The van der Waals surface area contributed by atoms with Crippen molar-refractivity contribution in [1.82, 2.24) is 0 Å². The van der Waals surface area contributed by atoms with Gasteiger partial charge in [-0.15, -0.1) is 0 Å². The number of sulfonamides is 2. The van der Waals surface area contributed by atoms with Crippen LogP contribution < -0.4 is 14.8 Å². The molecule has 3 aromatic rings. The second kappa shape index (κ2) is 10.6. The fourth-order valence-corrected chi connectivity index (χ4v) is 5.27. The predicted molar refractivity (Wildman–Crippen MR) is 131 cm³/mol. The molecule has 202 valence electrons. The van der Waals surface area contributed by atoms with Crippen LogP contribution in [0.4, 0.5) is 30.2 Å². The van der Waals surface area contributed by atoms with Gasteiger partial charge in [-0.25, -0.2) is 22.0 Å². The normalized spacial score (nSPS) is 12.1. The van der Waals surface area contributed by atoms with Crippen molar-refractivity contribution >= 4 is 54.6 Å². The van der Waals surface area contributed by atoms with Crippen LogP contribution in [-0.4, -0.2) is 34.2 Å². The van der Waals surface area contributed by atoms with Gasteiger partial charge >= 0.3 is 6.18 Å². The molecule has 0 saturated heterocycles. The Labute approximate surface area is 218 Å². The Kier molecular flexibility index (Phi) is 8.02. The van der Waals surface area contributed by atoms with Crippen LogP contribution in [0.25, 0.3) is 0 Å². The number of primary sulfonamides is 1. The Morgan fingerprint density at radius 1 is 1.00 bits per heavy atom. The molecule has 11 nitrogen and oxygen atoms in total. The molecule has 0 aliphatic heterocycles. The van der Waals surface area contributed by atoms with E-state index in [-0.39, 0.29) is 15.6 Å². The summed E-state index contributed by atoms with van der Waals surface area (Å²) in [5, 5.41) is 18.2. The number of anilines is 2. The Morgan fingerprint density at radius 2 is 1.61 bits per heavy atom. The van der Waals surface area contributed by atoms with E-state index in [0.717, 1.165) is 48.5 Å². The van der Waals surface area contributed by atoms with Crippen molar-refractivity contribution in [3.63, 3.8) is 0 Å². The van der Waals surface area contributed by atoms with E-state index in [1.165, 1.54) is 0 Å². The minimum atomic E-state index is -4.86. The van der Waals surface area contributed by atoms with Crippen molar-refractivity contribution in [1.29, 1.82) is 0 Å². The van der Waals surface area contributed by atoms with E-state index in [9.17, 15) is 44.9 Å². The number of carbonyl (C=O) groups excluding carboxylic acids is 1. The molecule has 0 heterocycles. The van der Waals surface area contributed by atoms with Crippen molar-refractivity contribution in [3.8, 4) is 0 Å². The Morgan fingerprint density at radius 3 is 2.16 bits per heavy atom. The molecule has 0 aliphatic rings. The van der Waals surface area contributed by atoms with Gasteiger partial charge in [0.05, 0.1) is 26.0 Å². The standard InChI is InChI=1S/C21H16ClF3N4O7S2/c22-18-9-8-17(11-19(18)29(31)32)38(35,36)28(15-3-1-2-13(10-15)21(23,24)25)12-20(30)27-14-4-6-16(7-5-14)37(26,33)34/h1-11H,12H2,(H,27,30)(H2,26,33,34). The molecule has 0 spiro atoms. The average molecular weight is 593 g/mol. The van der Waals surface area contributed by atoms with Gasteiger partial charge in [0.1, 0.15) is 11.6 Å². The average Bonchev–Trinajstić information content (AvgIpc) is 2.81. The molecule has 3 rings (SSSR count). The lowest BCUT2D eigenvalue weighted by atomic mass is 10.2. The van der Waals surface area contributed by atoms with Crippen molar-refractivity contribution in [3.05, 3.63) is 87.4 Å². The third kappa shape index (κ3) is 6.58. The lowest BCUT2D eigenvalue weighted by Gasteiger charge is -2.25. The Hall–Kier alpha value is -3.73. The van der Waals surface area contributed by atoms with Gasteiger partial charge in [0.25, 0.3) is 15.7 Å². The number of benzene rings is 3. The fraction of sp³-hybridized carbons (Fsp3) is 0.0952. The molecule has 0 radical (unpaired) electrons. The van der Waals surface area contributed by atoms with Crippen molar-refractivity contribution < 1.29 is 39.7 Å². The van der Waals surface area contributed by atoms with E-state index in [0.29, 0.717) is 22.5 Å². The largest absolute Gasteiger partial charge is 0.416 e. The highest BCUT2D eigenvalue weighted by Gasteiger charge is 2.34. The maximum atomic E-state index is 13.4. The number of hydrogen-bond acceptors (Lipinski definition) is 7. The number of halogens is 4. The Bertz CT molecular complexity index is 1610. The van der Waals surface area contributed by atoms with Gasteiger partial charge in [0.2, 0.25) is 15.9 Å². The lowest BCUT2D eigenvalue weighted by molar-refractivity contribution is -0.384. The number of alkyl halides is 3. The zero-order chi connectivity index (χ0) is 28.5. The summed E-state index contributed by atoms with van der Waals surface area (Å²) in [5.74, 6) is -1.03. The molecular formula is C21H16ClF3N4O7S2. The summed E-state index contributed by atoms with van der Waals surface area (Å²) < 4.78 is 89.9. The molecule has 0 aliphatic carbocycles.